The maximum atomic E-state index is 11.9. The Labute approximate surface area is 115 Å². The molecule has 1 saturated carbocycles. The van der Waals surface area contributed by atoms with Crippen molar-refractivity contribution < 1.29 is 19.1 Å². The summed E-state index contributed by atoms with van der Waals surface area (Å²) in [4.78, 5) is 23.7. The zero-order chi connectivity index (χ0) is 14.8. The molecule has 110 valence electrons. The van der Waals surface area contributed by atoms with Crippen molar-refractivity contribution in [3.8, 4) is 0 Å². The highest BCUT2D eigenvalue weighted by atomic mass is 16.6. The average molecular weight is 270 g/mol. The number of esters is 2. The van der Waals surface area contributed by atoms with Gasteiger partial charge in [0.1, 0.15) is 11.2 Å². The third kappa shape index (κ3) is 4.84. The van der Waals surface area contributed by atoms with Crippen LogP contribution in [0, 0.1) is 11.8 Å². The maximum Gasteiger partial charge on any atom is 0.309 e. The van der Waals surface area contributed by atoms with Gasteiger partial charge in [-0.15, -0.1) is 0 Å². The molecule has 0 spiro atoms. The summed E-state index contributed by atoms with van der Waals surface area (Å²) in [6.45, 7) is 11.3. The molecule has 4 nitrogen and oxygen atoms in total. The van der Waals surface area contributed by atoms with Gasteiger partial charge in [-0.05, 0) is 53.9 Å². The summed E-state index contributed by atoms with van der Waals surface area (Å²) in [5.74, 6) is -0.692. The van der Waals surface area contributed by atoms with E-state index in [2.05, 4.69) is 0 Å². The minimum atomic E-state index is -0.465. The number of rotatable bonds is 4. The number of carbonyl (C=O) groups excluding carboxylic acids is 2. The van der Waals surface area contributed by atoms with Crippen molar-refractivity contribution in [3.05, 3.63) is 0 Å². The van der Waals surface area contributed by atoms with Crippen LogP contribution in [0.15, 0.2) is 0 Å². The van der Waals surface area contributed by atoms with Gasteiger partial charge in [0.05, 0.1) is 11.8 Å². The van der Waals surface area contributed by atoms with E-state index < -0.39 is 11.2 Å². The van der Waals surface area contributed by atoms with Gasteiger partial charge in [-0.1, -0.05) is 6.92 Å². The molecule has 0 unspecified atom stereocenters. The Kier molecular flexibility index (Phi) is 4.64. The molecule has 4 heteroatoms. The van der Waals surface area contributed by atoms with Gasteiger partial charge < -0.3 is 9.47 Å². The van der Waals surface area contributed by atoms with Crippen molar-refractivity contribution in [2.45, 2.75) is 72.0 Å². The first kappa shape index (κ1) is 16.0. The number of ether oxygens (including phenoxy) is 2. The first-order valence-corrected chi connectivity index (χ1v) is 7.00. The van der Waals surface area contributed by atoms with E-state index in [1.165, 1.54) is 0 Å². The zero-order valence-corrected chi connectivity index (χ0v) is 12.9. The molecule has 0 aliphatic heterocycles. The van der Waals surface area contributed by atoms with Crippen molar-refractivity contribution in [2.75, 3.05) is 0 Å². The molecule has 1 fully saturated rings. The summed E-state index contributed by atoms with van der Waals surface area (Å²) in [6, 6.07) is 0. The molecule has 0 bridgehead atoms. The van der Waals surface area contributed by atoms with Crippen LogP contribution in [0.2, 0.25) is 0 Å². The largest absolute Gasteiger partial charge is 0.460 e. The molecule has 0 atom stereocenters. The van der Waals surface area contributed by atoms with Gasteiger partial charge in [0.2, 0.25) is 0 Å². The molecule has 1 aliphatic carbocycles. The quantitative estimate of drug-likeness (QED) is 0.737. The Bertz CT molecular complexity index is 346. The van der Waals surface area contributed by atoms with Crippen LogP contribution in [0.1, 0.15) is 60.8 Å². The van der Waals surface area contributed by atoms with E-state index in [4.69, 9.17) is 9.47 Å². The van der Waals surface area contributed by atoms with Gasteiger partial charge in [0.25, 0.3) is 0 Å². The third-order valence-electron chi connectivity index (χ3n) is 3.44. The maximum absolute atomic E-state index is 11.9. The van der Waals surface area contributed by atoms with E-state index in [1.54, 1.807) is 0 Å². The lowest BCUT2D eigenvalue weighted by Gasteiger charge is -2.35. The normalized spacial score (nSPS) is 23.5. The van der Waals surface area contributed by atoms with Crippen LogP contribution in [0.25, 0.3) is 0 Å². The molecule has 0 heterocycles. The molecular weight excluding hydrogens is 244 g/mol. The highest BCUT2D eigenvalue weighted by Crippen LogP contribution is 2.37. The van der Waals surface area contributed by atoms with Crippen molar-refractivity contribution in [2.24, 2.45) is 11.8 Å². The molecule has 0 radical (unpaired) electrons. The van der Waals surface area contributed by atoms with Gasteiger partial charge in [-0.2, -0.15) is 0 Å². The molecular formula is C15H26O4. The highest BCUT2D eigenvalue weighted by Gasteiger charge is 2.42. The van der Waals surface area contributed by atoms with Crippen LogP contribution >= 0.6 is 0 Å². The van der Waals surface area contributed by atoms with Crippen LogP contribution in [0.5, 0.6) is 0 Å². The molecule has 0 amide bonds. The van der Waals surface area contributed by atoms with Crippen LogP contribution in [-0.4, -0.2) is 23.1 Å². The zero-order valence-electron chi connectivity index (χ0n) is 12.9. The minimum absolute atomic E-state index is 0.150. The number of hydrogen-bond acceptors (Lipinski definition) is 4. The predicted octanol–water partition coefficient (Wildman–Crippen LogP) is 3.09. The minimum Gasteiger partial charge on any atom is -0.460 e. The van der Waals surface area contributed by atoms with Gasteiger partial charge in [-0.3, -0.25) is 9.59 Å². The molecule has 19 heavy (non-hydrogen) atoms. The van der Waals surface area contributed by atoms with E-state index in [0.29, 0.717) is 12.8 Å². The first-order valence-electron chi connectivity index (χ1n) is 7.00. The standard InChI is InChI=1S/C15H26O4/c1-7-15(5,6)19-13(17)11-8-10(9-11)12(16)18-14(2,3)4/h10-11H,7-9H2,1-6H3. The SMILES string of the molecule is CCC(C)(C)OC(=O)C1CC(C(=O)OC(C)(C)C)C1. The number of carbonyl (C=O) groups is 2. The van der Waals surface area contributed by atoms with Gasteiger partial charge in [0.15, 0.2) is 0 Å². The van der Waals surface area contributed by atoms with E-state index >= 15 is 0 Å². The van der Waals surface area contributed by atoms with Crippen LogP contribution in [0.4, 0.5) is 0 Å². The van der Waals surface area contributed by atoms with Crippen LogP contribution in [-0.2, 0) is 19.1 Å². The summed E-state index contributed by atoms with van der Waals surface area (Å²) in [5, 5.41) is 0. The molecule has 0 aromatic heterocycles. The topological polar surface area (TPSA) is 52.6 Å². The van der Waals surface area contributed by atoms with Crippen molar-refractivity contribution in [1.29, 1.82) is 0 Å². The van der Waals surface area contributed by atoms with Crippen LogP contribution < -0.4 is 0 Å². The fourth-order valence-corrected chi connectivity index (χ4v) is 1.82. The average Bonchev–Trinajstić information content (AvgIpc) is 2.11. The summed E-state index contributed by atoms with van der Waals surface area (Å²) in [6.07, 6.45) is 1.88. The lowest BCUT2D eigenvalue weighted by Crippen LogP contribution is -2.41. The van der Waals surface area contributed by atoms with Crippen molar-refractivity contribution in [1.82, 2.24) is 0 Å². The van der Waals surface area contributed by atoms with Crippen molar-refractivity contribution in [3.63, 3.8) is 0 Å². The molecule has 0 aromatic rings. The van der Waals surface area contributed by atoms with Crippen molar-refractivity contribution >= 4 is 11.9 Å². The molecule has 0 saturated heterocycles. The monoisotopic (exact) mass is 270 g/mol. The Morgan fingerprint density at radius 1 is 0.947 bits per heavy atom. The Hall–Kier alpha value is -1.06. The summed E-state index contributed by atoms with van der Waals surface area (Å²) in [7, 11) is 0. The van der Waals surface area contributed by atoms with Gasteiger partial charge in [0, 0.05) is 0 Å². The number of hydrogen-bond donors (Lipinski definition) is 0. The van der Waals surface area contributed by atoms with Gasteiger partial charge in [-0.25, -0.2) is 0 Å². The van der Waals surface area contributed by atoms with Crippen LogP contribution in [0.3, 0.4) is 0 Å². The lowest BCUT2D eigenvalue weighted by molar-refractivity contribution is -0.174. The first-order chi connectivity index (χ1) is 8.54. The smallest absolute Gasteiger partial charge is 0.309 e. The van der Waals surface area contributed by atoms with E-state index in [1.807, 2.05) is 41.5 Å². The third-order valence-corrected chi connectivity index (χ3v) is 3.44. The van der Waals surface area contributed by atoms with E-state index in [9.17, 15) is 9.59 Å². The Morgan fingerprint density at radius 3 is 1.74 bits per heavy atom. The summed E-state index contributed by atoms with van der Waals surface area (Å²) in [5.41, 5.74) is -0.888. The summed E-state index contributed by atoms with van der Waals surface area (Å²) >= 11 is 0. The molecule has 1 aliphatic rings. The fraction of sp³-hybridized carbons (Fsp3) is 0.867. The van der Waals surface area contributed by atoms with E-state index in [0.717, 1.165) is 6.42 Å². The summed E-state index contributed by atoms with van der Waals surface area (Å²) < 4.78 is 10.7. The second-order valence-corrected chi connectivity index (χ2v) is 6.93. The predicted molar refractivity (Wildman–Crippen MR) is 72.5 cm³/mol. The highest BCUT2D eigenvalue weighted by molar-refractivity contribution is 5.80. The molecule has 0 N–H and O–H groups in total. The Morgan fingerprint density at radius 2 is 1.37 bits per heavy atom. The second kappa shape index (κ2) is 5.51. The molecule has 0 aromatic carbocycles. The Balaban J connectivity index is 2.38. The second-order valence-electron chi connectivity index (χ2n) is 6.93. The van der Waals surface area contributed by atoms with E-state index in [-0.39, 0.29) is 23.8 Å². The lowest BCUT2D eigenvalue weighted by atomic mass is 9.75. The fourth-order valence-electron chi connectivity index (χ4n) is 1.82. The molecule has 1 rings (SSSR count). The van der Waals surface area contributed by atoms with Gasteiger partial charge >= 0.3 is 11.9 Å².